The highest BCUT2D eigenvalue weighted by Crippen LogP contribution is 2.59. The Labute approximate surface area is 78.5 Å². The molecule has 13 heavy (non-hydrogen) atoms. The fourth-order valence-electron chi connectivity index (χ4n) is 2.07. The van der Waals surface area contributed by atoms with Gasteiger partial charge in [-0.2, -0.15) is 0 Å². The van der Waals surface area contributed by atoms with E-state index in [1.807, 2.05) is 13.8 Å². The average Bonchev–Trinajstić information content (AvgIpc) is 2.54. The van der Waals surface area contributed by atoms with Crippen molar-refractivity contribution in [3.05, 3.63) is 0 Å². The van der Waals surface area contributed by atoms with Gasteiger partial charge in [0, 0.05) is 5.92 Å². The van der Waals surface area contributed by atoms with Gasteiger partial charge in [0.1, 0.15) is 5.78 Å². The quantitative estimate of drug-likeness (QED) is 0.623. The van der Waals surface area contributed by atoms with Crippen LogP contribution in [0.1, 0.15) is 27.7 Å². The van der Waals surface area contributed by atoms with E-state index >= 15 is 0 Å². The lowest BCUT2D eigenvalue weighted by Crippen LogP contribution is -2.10. The van der Waals surface area contributed by atoms with Crippen LogP contribution >= 0.6 is 0 Å². The molecule has 0 heterocycles. The maximum Gasteiger partial charge on any atom is 0.310 e. The Hall–Kier alpha value is -0.860. The van der Waals surface area contributed by atoms with Crippen LogP contribution in [-0.4, -0.2) is 18.4 Å². The zero-order valence-corrected chi connectivity index (χ0v) is 8.59. The first kappa shape index (κ1) is 10.2. The maximum absolute atomic E-state index is 11.4. The molecule has 0 bridgehead atoms. The Balaban J connectivity index is 2.65. The van der Waals surface area contributed by atoms with Crippen LogP contribution in [0.15, 0.2) is 0 Å². The zero-order valence-electron chi connectivity index (χ0n) is 8.59. The second-order valence-electron chi connectivity index (χ2n) is 4.14. The first-order chi connectivity index (χ1) is 5.92. The van der Waals surface area contributed by atoms with E-state index in [1.165, 1.54) is 6.92 Å². The molecule has 0 unspecified atom stereocenters. The van der Waals surface area contributed by atoms with Crippen LogP contribution in [0.2, 0.25) is 0 Å². The van der Waals surface area contributed by atoms with Crippen LogP contribution in [0, 0.1) is 17.3 Å². The van der Waals surface area contributed by atoms with E-state index < -0.39 is 0 Å². The molecule has 2 atom stereocenters. The Kier molecular flexibility index (Phi) is 2.46. The third kappa shape index (κ3) is 1.60. The predicted octanol–water partition coefficient (Wildman–Crippen LogP) is 1.41. The highest BCUT2D eigenvalue weighted by atomic mass is 16.5. The lowest BCUT2D eigenvalue weighted by Gasteiger charge is -2.01. The molecule has 0 amide bonds. The molecule has 1 saturated carbocycles. The van der Waals surface area contributed by atoms with Crippen molar-refractivity contribution in [1.29, 1.82) is 0 Å². The van der Waals surface area contributed by atoms with Crippen LogP contribution in [-0.2, 0) is 14.3 Å². The first-order valence-electron chi connectivity index (χ1n) is 4.60. The van der Waals surface area contributed by atoms with Gasteiger partial charge in [-0.3, -0.25) is 9.59 Å². The van der Waals surface area contributed by atoms with Gasteiger partial charge in [0.15, 0.2) is 0 Å². The summed E-state index contributed by atoms with van der Waals surface area (Å²) < 4.78 is 4.89. The van der Waals surface area contributed by atoms with E-state index in [-0.39, 0.29) is 29.0 Å². The summed E-state index contributed by atoms with van der Waals surface area (Å²) in [5.74, 6) is -0.493. The Morgan fingerprint density at radius 3 is 2.15 bits per heavy atom. The Morgan fingerprint density at radius 1 is 1.31 bits per heavy atom. The van der Waals surface area contributed by atoms with E-state index in [4.69, 9.17) is 4.74 Å². The van der Waals surface area contributed by atoms with Gasteiger partial charge >= 0.3 is 5.97 Å². The van der Waals surface area contributed by atoms with Gasteiger partial charge in [-0.15, -0.1) is 0 Å². The van der Waals surface area contributed by atoms with Crippen molar-refractivity contribution in [1.82, 2.24) is 0 Å². The molecule has 74 valence electrons. The first-order valence-corrected chi connectivity index (χ1v) is 4.60. The molecular weight excluding hydrogens is 168 g/mol. The fourth-order valence-corrected chi connectivity index (χ4v) is 2.07. The molecule has 0 spiro atoms. The third-order valence-corrected chi connectivity index (χ3v) is 2.81. The number of hydrogen-bond acceptors (Lipinski definition) is 3. The minimum Gasteiger partial charge on any atom is -0.466 e. The van der Waals surface area contributed by atoms with Gasteiger partial charge in [-0.25, -0.2) is 0 Å². The van der Waals surface area contributed by atoms with Crippen LogP contribution in [0.4, 0.5) is 0 Å². The Morgan fingerprint density at radius 2 is 1.85 bits per heavy atom. The molecular formula is C10H16O3. The minimum absolute atomic E-state index is 0.0862. The van der Waals surface area contributed by atoms with E-state index in [0.29, 0.717) is 6.61 Å². The number of esters is 1. The monoisotopic (exact) mass is 184 g/mol. The summed E-state index contributed by atoms with van der Waals surface area (Å²) in [6.07, 6.45) is 0. The van der Waals surface area contributed by atoms with Crippen molar-refractivity contribution in [2.24, 2.45) is 17.3 Å². The maximum atomic E-state index is 11.4. The van der Waals surface area contributed by atoms with Gasteiger partial charge in [-0.1, -0.05) is 13.8 Å². The summed E-state index contributed by atoms with van der Waals surface area (Å²) in [6.45, 7) is 7.55. The fraction of sp³-hybridized carbons (Fsp3) is 0.800. The van der Waals surface area contributed by atoms with E-state index in [9.17, 15) is 9.59 Å². The van der Waals surface area contributed by atoms with E-state index in [1.54, 1.807) is 6.92 Å². The third-order valence-electron chi connectivity index (χ3n) is 2.81. The topological polar surface area (TPSA) is 43.4 Å². The van der Waals surface area contributed by atoms with Crippen molar-refractivity contribution >= 4 is 11.8 Å². The number of carbonyl (C=O) groups excluding carboxylic acids is 2. The van der Waals surface area contributed by atoms with Crippen LogP contribution in [0.3, 0.4) is 0 Å². The number of carbonyl (C=O) groups is 2. The molecule has 3 heteroatoms. The number of Topliss-reactive ketones (excluding diaryl/α,β-unsaturated/α-hetero) is 1. The van der Waals surface area contributed by atoms with Crippen molar-refractivity contribution in [2.45, 2.75) is 27.7 Å². The summed E-state index contributed by atoms with van der Waals surface area (Å²) >= 11 is 0. The molecule has 1 aliphatic carbocycles. The zero-order chi connectivity index (χ0) is 10.2. The van der Waals surface area contributed by atoms with E-state index in [2.05, 4.69) is 0 Å². The molecule has 1 aliphatic rings. The van der Waals surface area contributed by atoms with Crippen molar-refractivity contribution < 1.29 is 14.3 Å². The smallest absolute Gasteiger partial charge is 0.310 e. The lowest BCUT2D eigenvalue weighted by molar-refractivity contribution is -0.146. The lowest BCUT2D eigenvalue weighted by atomic mass is 10.1. The van der Waals surface area contributed by atoms with Gasteiger partial charge in [0.05, 0.1) is 12.5 Å². The molecule has 0 N–H and O–H groups in total. The van der Waals surface area contributed by atoms with Gasteiger partial charge in [0.25, 0.3) is 0 Å². The number of hydrogen-bond donors (Lipinski definition) is 0. The summed E-state index contributed by atoms with van der Waals surface area (Å²) in [6, 6.07) is 0. The molecule has 0 saturated heterocycles. The summed E-state index contributed by atoms with van der Waals surface area (Å²) in [5, 5.41) is 0. The van der Waals surface area contributed by atoms with Crippen molar-refractivity contribution in [3.63, 3.8) is 0 Å². The van der Waals surface area contributed by atoms with E-state index in [0.717, 1.165) is 0 Å². The van der Waals surface area contributed by atoms with Gasteiger partial charge in [0.2, 0.25) is 0 Å². The van der Waals surface area contributed by atoms with Gasteiger partial charge < -0.3 is 4.74 Å². The summed E-state index contributed by atoms with van der Waals surface area (Å²) in [5.41, 5.74) is -0.196. The second-order valence-corrected chi connectivity index (χ2v) is 4.14. The number of ketones is 1. The highest BCUT2D eigenvalue weighted by molar-refractivity contribution is 5.92. The summed E-state index contributed by atoms with van der Waals surface area (Å²) in [4.78, 5) is 22.5. The normalized spacial score (nSPS) is 29.5. The predicted molar refractivity (Wildman–Crippen MR) is 48.1 cm³/mol. The highest BCUT2D eigenvalue weighted by Gasteiger charge is 2.64. The van der Waals surface area contributed by atoms with Crippen molar-refractivity contribution in [3.8, 4) is 0 Å². The van der Waals surface area contributed by atoms with Gasteiger partial charge in [-0.05, 0) is 19.3 Å². The molecule has 0 aromatic carbocycles. The molecule has 0 radical (unpaired) electrons. The number of ether oxygens (including phenoxy) is 1. The molecule has 3 nitrogen and oxygen atoms in total. The standard InChI is InChI=1S/C10H16O3/c1-5-13-9(12)8-7(6(2)11)10(8,3)4/h7-8H,5H2,1-4H3/t7-,8+/m0/s1. The van der Waals surface area contributed by atoms with Crippen LogP contribution < -0.4 is 0 Å². The van der Waals surface area contributed by atoms with Crippen LogP contribution in [0.25, 0.3) is 0 Å². The minimum atomic E-state index is -0.229. The molecule has 1 rings (SSSR count). The molecule has 0 aliphatic heterocycles. The summed E-state index contributed by atoms with van der Waals surface area (Å²) in [7, 11) is 0. The molecule has 0 aromatic rings. The largest absolute Gasteiger partial charge is 0.466 e. The second kappa shape index (κ2) is 3.13. The average molecular weight is 184 g/mol. The number of rotatable bonds is 3. The Bertz CT molecular complexity index is 243. The van der Waals surface area contributed by atoms with Crippen molar-refractivity contribution in [2.75, 3.05) is 6.61 Å². The van der Waals surface area contributed by atoms with Crippen LogP contribution in [0.5, 0.6) is 0 Å². The molecule has 0 aromatic heterocycles. The molecule has 1 fully saturated rings. The SMILES string of the molecule is CCOC(=O)[C@H]1[C@H](C(C)=O)C1(C)C.